The molecule has 4 rings (SSSR count). The van der Waals surface area contributed by atoms with Gasteiger partial charge in [-0.05, 0) is 39.6 Å². The van der Waals surface area contributed by atoms with Gasteiger partial charge in [0.15, 0.2) is 0 Å². The molecule has 0 radical (unpaired) electrons. The second kappa shape index (κ2) is 15.3. The number of anilines is 1. The molecule has 1 atom stereocenters. The summed E-state index contributed by atoms with van der Waals surface area (Å²) in [6.45, 7) is -0.570. The van der Waals surface area contributed by atoms with Gasteiger partial charge in [-0.3, -0.25) is 14.4 Å². The number of hydrogen-bond donors (Lipinski definition) is 4. The number of fused-ring (bicyclic) bond motifs is 1. The molecule has 0 aliphatic rings. The van der Waals surface area contributed by atoms with Gasteiger partial charge >= 0.3 is 24.1 Å². The predicted octanol–water partition coefficient (Wildman–Crippen LogP) is 5.01. The Morgan fingerprint density at radius 1 is 0.717 bits per heavy atom. The monoisotopic (exact) mass is 634 g/mol. The van der Waals surface area contributed by atoms with Crippen LogP contribution in [0.2, 0.25) is 0 Å². The summed E-state index contributed by atoms with van der Waals surface area (Å²) in [7, 11) is 0. The summed E-state index contributed by atoms with van der Waals surface area (Å²) in [5.41, 5.74) is 2.59. The van der Waals surface area contributed by atoms with Crippen LogP contribution in [0, 0.1) is 0 Å². The normalized spacial score (nSPS) is 11.6. The quantitative estimate of drug-likeness (QED) is 0.135. The molecular weight excluding hydrogens is 605 g/mol. The molecule has 46 heavy (non-hydrogen) atoms. The van der Waals surface area contributed by atoms with Crippen LogP contribution in [-0.2, 0) is 23.9 Å². The summed E-state index contributed by atoms with van der Waals surface area (Å²) in [5.74, 6) is -5.51. The van der Waals surface area contributed by atoms with Gasteiger partial charge in [-0.25, -0.2) is 9.59 Å². The highest BCUT2D eigenvalue weighted by Crippen LogP contribution is 2.25. The van der Waals surface area contributed by atoms with Crippen molar-refractivity contribution in [1.29, 1.82) is 0 Å². The van der Waals surface area contributed by atoms with Gasteiger partial charge in [0.25, 0.3) is 0 Å². The molecule has 238 valence electrons. The third kappa shape index (κ3) is 9.91. The summed E-state index contributed by atoms with van der Waals surface area (Å²) in [6.07, 6.45) is -6.32. The van der Waals surface area contributed by atoms with Crippen molar-refractivity contribution in [3.63, 3.8) is 0 Å². The van der Waals surface area contributed by atoms with E-state index in [1.54, 1.807) is 36.4 Å². The van der Waals surface area contributed by atoms with Gasteiger partial charge in [-0.2, -0.15) is 13.2 Å². The third-order valence-electron chi connectivity index (χ3n) is 6.66. The number of carbonyl (C=O) groups excluding carboxylic acids is 5. The van der Waals surface area contributed by atoms with Crippen LogP contribution in [0.3, 0.4) is 0 Å². The largest absolute Gasteiger partial charge is 0.491 e. The van der Waals surface area contributed by atoms with Crippen molar-refractivity contribution in [3.8, 4) is 11.1 Å². The first-order valence-electron chi connectivity index (χ1n) is 14.0. The minimum Gasteiger partial charge on any atom is -0.386 e. The number of benzene rings is 4. The molecule has 0 spiro atoms. The Morgan fingerprint density at radius 3 is 2.07 bits per heavy atom. The van der Waals surface area contributed by atoms with Gasteiger partial charge < -0.3 is 26.0 Å². The molecule has 13 heteroatoms. The Hall–Kier alpha value is -5.72. The Labute approximate surface area is 261 Å². The standard InChI is InChI=1S/C33H29F3N4O6/c34-33(35,36)31(44)46-30(43)19-27(24-12-10-23(11-13-24)21-6-2-1-3-7-21)40-29(42)20-38-28(41)16-17-37-32(45)39-26-15-14-22-8-4-5-9-25(22)18-26/h1-15,18,27H,16-17,19-20H2,(H,38,41)(H,40,42)(H2,37,39,45). The number of carbonyl (C=O) groups is 5. The maximum Gasteiger partial charge on any atom is 0.491 e. The number of amides is 4. The SMILES string of the molecule is O=C(CCNC(=O)Nc1ccc2ccccc2c1)NCC(=O)NC(CC(=O)OC(=O)C(F)(F)F)c1ccc(-c2ccccc2)cc1. The van der Waals surface area contributed by atoms with E-state index >= 15 is 0 Å². The van der Waals surface area contributed by atoms with E-state index in [-0.39, 0.29) is 13.0 Å². The first-order chi connectivity index (χ1) is 22.0. The fourth-order valence-electron chi connectivity index (χ4n) is 4.40. The minimum atomic E-state index is -5.37. The molecule has 1 unspecified atom stereocenters. The minimum absolute atomic E-state index is 0.0394. The Balaban J connectivity index is 1.28. The van der Waals surface area contributed by atoms with Crippen LogP contribution in [0.4, 0.5) is 23.7 Å². The van der Waals surface area contributed by atoms with Crippen LogP contribution < -0.4 is 21.3 Å². The van der Waals surface area contributed by atoms with E-state index in [2.05, 4.69) is 26.0 Å². The maximum atomic E-state index is 12.7. The lowest BCUT2D eigenvalue weighted by Gasteiger charge is -2.19. The van der Waals surface area contributed by atoms with Crippen molar-refractivity contribution in [1.82, 2.24) is 16.0 Å². The molecule has 0 heterocycles. The topological polar surface area (TPSA) is 143 Å². The molecule has 4 N–H and O–H groups in total. The van der Waals surface area contributed by atoms with Gasteiger partial charge in [0, 0.05) is 18.7 Å². The molecule has 0 saturated heterocycles. The van der Waals surface area contributed by atoms with Crippen LogP contribution in [0.1, 0.15) is 24.4 Å². The first-order valence-corrected chi connectivity index (χ1v) is 14.0. The lowest BCUT2D eigenvalue weighted by atomic mass is 9.99. The number of esters is 2. The van der Waals surface area contributed by atoms with E-state index in [0.717, 1.165) is 21.9 Å². The molecule has 4 amide bonds. The average Bonchev–Trinajstić information content (AvgIpc) is 3.03. The lowest BCUT2D eigenvalue weighted by Crippen LogP contribution is -2.40. The fraction of sp³-hybridized carbons (Fsp3) is 0.182. The zero-order valence-corrected chi connectivity index (χ0v) is 24.2. The smallest absolute Gasteiger partial charge is 0.386 e. The Kier molecular flexibility index (Phi) is 11.1. The van der Waals surface area contributed by atoms with E-state index in [1.807, 2.05) is 60.7 Å². The number of rotatable bonds is 11. The van der Waals surface area contributed by atoms with E-state index in [9.17, 15) is 37.1 Å². The van der Waals surface area contributed by atoms with Crippen LogP contribution >= 0.6 is 0 Å². The van der Waals surface area contributed by atoms with Gasteiger partial charge in [0.05, 0.1) is 19.0 Å². The van der Waals surface area contributed by atoms with Gasteiger partial charge in [0.1, 0.15) is 0 Å². The maximum absolute atomic E-state index is 12.7. The van der Waals surface area contributed by atoms with Crippen molar-refractivity contribution in [2.24, 2.45) is 0 Å². The first kappa shape index (κ1) is 33.2. The van der Waals surface area contributed by atoms with E-state index in [4.69, 9.17) is 0 Å². The Morgan fingerprint density at radius 2 is 1.37 bits per heavy atom. The molecule has 0 aliphatic heterocycles. The van der Waals surface area contributed by atoms with Gasteiger partial charge in [0.2, 0.25) is 11.8 Å². The highest BCUT2D eigenvalue weighted by Gasteiger charge is 2.42. The van der Waals surface area contributed by atoms with Crippen molar-refractivity contribution >= 4 is 46.2 Å². The van der Waals surface area contributed by atoms with Crippen molar-refractivity contribution in [2.45, 2.75) is 25.1 Å². The molecule has 0 bridgehead atoms. The van der Waals surface area contributed by atoms with Crippen LogP contribution in [0.15, 0.2) is 97.1 Å². The number of halogens is 3. The molecular formula is C33H29F3N4O6. The van der Waals surface area contributed by atoms with Crippen LogP contribution in [0.25, 0.3) is 21.9 Å². The Bertz CT molecular complexity index is 1710. The molecule has 4 aromatic carbocycles. The molecule has 10 nitrogen and oxygen atoms in total. The molecule has 0 fully saturated rings. The second-order valence-corrected chi connectivity index (χ2v) is 10.0. The van der Waals surface area contributed by atoms with Crippen LogP contribution in [0.5, 0.6) is 0 Å². The zero-order valence-electron chi connectivity index (χ0n) is 24.2. The molecule has 0 aliphatic carbocycles. The van der Waals surface area contributed by atoms with E-state index < -0.39 is 55.0 Å². The van der Waals surface area contributed by atoms with E-state index in [1.165, 1.54) is 0 Å². The lowest BCUT2D eigenvalue weighted by molar-refractivity contribution is -0.202. The average molecular weight is 635 g/mol. The summed E-state index contributed by atoms with van der Waals surface area (Å²) in [6, 6.07) is 27.1. The molecule has 4 aromatic rings. The number of alkyl halides is 3. The zero-order chi connectivity index (χ0) is 33.1. The second-order valence-electron chi connectivity index (χ2n) is 10.0. The fourth-order valence-corrected chi connectivity index (χ4v) is 4.40. The number of urea groups is 1. The number of ether oxygens (including phenoxy) is 1. The summed E-state index contributed by atoms with van der Waals surface area (Å²) < 4.78 is 41.6. The predicted molar refractivity (Wildman–Crippen MR) is 163 cm³/mol. The molecule has 0 saturated carbocycles. The summed E-state index contributed by atoms with van der Waals surface area (Å²) >= 11 is 0. The summed E-state index contributed by atoms with van der Waals surface area (Å²) in [4.78, 5) is 60.4. The number of nitrogens with one attached hydrogen (secondary N) is 4. The van der Waals surface area contributed by atoms with Gasteiger partial charge in [-0.15, -0.1) is 0 Å². The molecule has 0 aromatic heterocycles. The van der Waals surface area contributed by atoms with E-state index in [0.29, 0.717) is 11.3 Å². The summed E-state index contributed by atoms with van der Waals surface area (Å²) in [5, 5.41) is 12.0. The van der Waals surface area contributed by atoms with Crippen molar-refractivity contribution in [2.75, 3.05) is 18.4 Å². The third-order valence-corrected chi connectivity index (χ3v) is 6.66. The number of hydrogen-bond acceptors (Lipinski definition) is 6. The van der Waals surface area contributed by atoms with Crippen molar-refractivity contribution in [3.05, 3.63) is 103 Å². The highest BCUT2D eigenvalue weighted by atomic mass is 19.4. The van der Waals surface area contributed by atoms with Crippen molar-refractivity contribution < 1.29 is 41.9 Å². The highest BCUT2D eigenvalue weighted by molar-refractivity contribution is 5.94. The van der Waals surface area contributed by atoms with Gasteiger partial charge in [-0.1, -0.05) is 84.9 Å². The van der Waals surface area contributed by atoms with Crippen LogP contribution in [-0.4, -0.2) is 49.0 Å².